The molecule has 0 bridgehead atoms. The molecule has 0 spiro atoms. The van der Waals surface area contributed by atoms with Gasteiger partial charge in [0.25, 0.3) is 5.91 Å². The second kappa shape index (κ2) is 11.8. The number of aromatic nitrogens is 4. The van der Waals surface area contributed by atoms with E-state index in [1.165, 1.54) is 0 Å². The van der Waals surface area contributed by atoms with Gasteiger partial charge in [-0.25, -0.2) is 4.79 Å². The molecule has 4 rings (SSSR count). The van der Waals surface area contributed by atoms with Gasteiger partial charge in [0.1, 0.15) is 6.04 Å². The van der Waals surface area contributed by atoms with Crippen molar-refractivity contribution in [2.24, 2.45) is 5.41 Å². The van der Waals surface area contributed by atoms with Crippen LogP contribution in [0.25, 0.3) is 10.9 Å². The molecule has 2 aromatic heterocycles. The molecule has 1 unspecified atom stereocenters. The van der Waals surface area contributed by atoms with Crippen LogP contribution < -0.4 is 10.6 Å². The summed E-state index contributed by atoms with van der Waals surface area (Å²) in [6.45, 7) is 7.56. The fourth-order valence-corrected chi connectivity index (χ4v) is 4.02. The lowest BCUT2D eigenvalue weighted by Crippen LogP contribution is -2.53. The molecule has 2 aromatic carbocycles. The van der Waals surface area contributed by atoms with Gasteiger partial charge in [-0.15, -0.1) is 0 Å². The van der Waals surface area contributed by atoms with Crippen molar-refractivity contribution >= 4 is 28.7 Å². The lowest BCUT2D eigenvalue weighted by molar-refractivity contribution is -0.125. The van der Waals surface area contributed by atoms with Crippen LogP contribution in [0, 0.1) is 16.7 Å². The first-order valence-electron chi connectivity index (χ1n) is 12.6. The number of esters is 1. The summed E-state index contributed by atoms with van der Waals surface area (Å²) in [7, 11) is 0. The summed E-state index contributed by atoms with van der Waals surface area (Å²) in [5, 5.41) is 23.5. The molecule has 12 nitrogen and oxygen atoms in total. The largest absolute Gasteiger partial charge is 0.459 e. The first kappa shape index (κ1) is 28.0. The highest BCUT2D eigenvalue weighted by molar-refractivity contribution is 6.06. The average Bonchev–Trinajstić information content (AvgIpc) is 3.56. The zero-order valence-corrected chi connectivity index (χ0v) is 22.6. The van der Waals surface area contributed by atoms with Gasteiger partial charge in [-0.1, -0.05) is 56.3 Å². The molecule has 4 aromatic rings. The highest BCUT2D eigenvalue weighted by atomic mass is 16.6. The van der Waals surface area contributed by atoms with E-state index in [2.05, 4.69) is 31.9 Å². The number of hydrogen-bond acceptors (Lipinski definition) is 9. The van der Waals surface area contributed by atoms with Crippen molar-refractivity contribution in [2.45, 2.75) is 46.8 Å². The minimum absolute atomic E-state index is 0.0860. The summed E-state index contributed by atoms with van der Waals surface area (Å²) < 4.78 is 11.4. The quantitative estimate of drug-likeness (QED) is 0.302. The average molecular weight is 544 g/mol. The summed E-state index contributed by atoms with van der Waals surface area (Å²) in [4.78, 5) is 42.3. The number of hydrogen-bond donors (Lipinski definition) is 2. The van der Waals surface area contributed by atoms with E-state index < -0.39 is 29.2 Å². The van der Waals surface area contributed by atoms with Crippen LogP contribution in [0.5, 0.6) is 0 Å². The third kappa shape index (κ3) is 6.32. The Bertz CT molecular complexity index is 1580. The molecule has 2 amide bonds. The minimum Gasteiger partial charge on any atom is -0.459 e. The van der Waals surface area contributed by atoms with E-state index in [1.807, 2.05) is 51.1 Å². The number of amides is 2. The molecule has 0 fully saturated rings. The summed E-state index contributed by atoms with van der Waals surface area (Å²) in [5.74, 6) is -1.95. The summed E-state index contributed by atoms with van der Waals surface area (Å²) in [5.41, 5.74) is 1.75. The molecule has 0 saturated carbocycles. The minimum atomic E-state index is -0.932. The third-order valence-electron chi connectivity index (χ3n) is 6.03. The number of ether oxygens (including phenoxy) is 1. The van der Waals surface area contributed by atoms with Crippen molar-refractivity contribution < 1.29 is 23.6 Å². The lowest BCUT2D eigenvalue weighted by atomic mass is 9.86. The van der Waals surface area contributed by atoms with Crippen molar-refractivity contribution in [1.82, 2.24) is 30.6 Å². The van der Waals surface area contributed by atoms with Gasteiger partial charge in [0.2, 0.25) is 5.91 Å². The Morgan fingerprint density at radius 2 is 1.85 bits per heavy atom. The topological polar surface area (TPSA) is 165 Å². The highest BCUT2D eigenvalue weighted by Gasteiger charge is 2.34. The van der Waals surface area contributed by atoms with Gasteiger partial charge in [-0.2, -0.15) is 15.3 Å². The molecule has 0 saturated heterocycles. The van der Waals surface area contributed by atoms with Crippen molar-refractivity contribution in [1.29, 1.82) is 5.26 Å². The van der Waals surface area contributed by atoms with E-state index >= 15 is 0 Å². The van der Waals surface area contributed by atoms with Crippen LogP contribution in [0.15, 0.2) is 53.1 Å². The van der Waals surface area contributed by atoms with Crippen LogP contribution in [0.1, 0.15) is 65.8 Å². The number of para-hydroxylation sites is 1. The Balaban J connectivity index is 1.51. The van der Waals surface area contributed by atoms with Gasteiger partial charge in [-0.3, -0.25) is 14.3 Å². The number of nitriles is 1. The Hall–Kier alpha value is -5.05. The fourth-order valence-electron chi connectivity index (χ4n) is 4.02. The first-order chi connectivity index (χ1) is 19.1. The predicted molar refractivity (Wildman–Crippen MR) is 143 cm³/mol. The number of nitrogens with zero attached hydrogens (tertiary/aromatic N) is 5. The van der Waals surface area contributed by atoms with Crippen LogP contribution in [-0.2, 0) is 22.6 Å². The standard InChI is InChI=1S/C28H29N7O5/c1-5-39-27(38)26-31-21(34-40-26)15-30-25(37)23(28(2,3)4)32-24(36)22-19-8-6-7-9-20(19)35(33-22)16-18-12-10-17(14-29)11-13-18/h6-13,23H,5,15-16H2,1-4H3,(H,30,37)(H,32,36). The molecule has 0 aliphatic carbocycles. The van der Waals surface area contributed by atoms with Gasteiger partial charge in [-0.05, 0) is 36.1 Å². The Morgan fingerprint density at radius 3 is 2.52 bits per heavy atom. The van der Waals surface area contributed by atoms with Crippen LogP contribution in [0.3, 0.4) is 0 Å². The number of carbonyl (C=O) groups excluding carboxylic acids is 3. The van der Waals surface area contributed by atoms with Crippen molar-refractivity contribution in [3.8, 4) is 6.07 Å². The van der Waals surface area contributed by atoms with Crippen LogP contribution in [0.4, 0.5) is 0 Å². The second-order valence-corrected chi connectivity index (χ2v) is 10.1. The Morgan fingerprint density at radius 1 is 1.12 bits per heavy atom. The molecule has 0 radical (unpaired) electrons. The first-order valence-corrected chi connectivity index (χ1v) is 12.6. The molecule has 0 aliphatic heterocycles. The molecule has 2 N–H and O–H groups in total. The lowest BCUT2D eigenvalue weighted by Gasteiger charge is -2.30. The molecule has 0 aliphatic rings. The maximum atomic E-state index is 13.5. The van der Waals surface area contributed by atoms with Crippen molar-refractivity contribution in [3.05, 3.63) is 77.1 Å². The number of carbonyl (C=O) groups is 3. The third-order valence-corrected chi connectivity index (χ3v) is 6.03. The Kier molecular flexibility index (Phi) is 8.23. The smallest absolute Gasteiger partial charge is 0.397 e. The summed E-state index contributed by atoms with van der Waals surface area (Å²) >= 11 is 0. The van der Waals surface area contributed by atoms with Gasteiger partial charge in [0.05, 0.1) is 36.8 Å². The predicted octanol–water partition coefficient (Wildman–Crippen LogP) is 2.98. The molecule has 206 valence electrons. The normalized spacial score (nSPS) is 12.0. The van der Waals surface area contributed by atoms with Crippen LogP contribution >= 0.6 is 0 Å². The van der Waals surface area contributed by atoms with Crippen molar-refractivity contribution in [3.63, 3.8) is 0 Å². The maximum Gasteiger partial charge on any atom is 0.397 e. The zero-order chi connectivity index (χ0) is 28.9. The van der Waals surface area contributed by atoms with Gasteiger partial charge < -0.3 is 19.9 Å². The van der Waals surface area contributed by atoms with E-state index in [0.717, 1.165) is 11.1 Å². The second-order valence-electron chi connectivity index (χ2n) is 10.1. The summed E-state index contributed by atoms with van der Waals surface area (Å²) in [6, 6.07) is 15.6. The number of benzene rings is 2. The van der Waals surface area contributed by atoms with E-state index in [1.54, 1.807) is 29.8 Å². The molecule has 12 heteroatoms. The monoisotopic (exact) mass is 543 g/mol. The SMILES string of the molecule is CCOC(=O)c1nc(CNC(=O)C(NC(=O)c2nn(Cc3ccc(C#N)cc3)c3ccccc23)C(C)(C)C)no1. The van der Waals surface area contributed by atoms with Crippen LogP contribution in [-0.4, -0.2) is 50.4 Å². The zero-order valence-electron chi connectivity index (χ0n) is 22.6. The summed E-state index contributed by atoms with van der Waals surface area (Å²) in [6.07, 6.45) is 0. The number of nitrogens with one attached hydrogen (secondary N) is 2. The van der Waals surface area contributed by atoms with E-state index in [9.17, 15) is 14.4 Å². The molecule has 40 heavy (non-hydrogen) atoms. The molecular weight excluding hydrogens is 514 g/mol. The van der Waals surface area contributed by atoms with Crippen LogP contribution in [0.2, 0.25) is 0 Å². The molecular formula is C28H29N7O5. The van der Waals surface area contributed by atoms with Gasteiger partial charge >= 0.3 is 11.9 Å². The van der Waals surface area contributed by atoms with E-state index in [0.29, 0.717) is 17.5 Å². The fraction of sp³-hybridized carbons (Fsp3) is 0.321. The van der Waals surface area contributed by atoms with E-state index in [-0.39, 0.29) is 30.6 Å². The van der Waals surface area contributed by atoms with Crippen molar-refractivity contribution in [2.75, 3.05) is 6.61 Å². The number of fused-ring (bicyclic) bond motifs is 1. The van der Waals surface area contributed by atoms with Gasteiger partial charge in [0, 0.05) is 5.39 Å². The molecule has 2 heterocycles. The maximum absolute atomic E-state index is 13.5. The highest BCUT2D eigenvalue weighted by Crippen LogP contribution is 2.23. The Labute approximate surface area is 230 Å². The molecule has 1 atom stereocenters. The van der Waals surface area contributed by atoms with E-state index in [4.69, 9.17) is 14.5 Å². The number of rotatable bonds is 9. The van der Waals surface area contributed by atoms with Gasteiger partial charge in [0.15, 0.2) is 11.5 Å².